The third kappa shape index (κ3) is 3.94. The van der Waals surface area contributed by atoms with Gasteiger partial charge in [-0.2, -0.15) is 4.31 Å². The van der Waals surface area contributed by atoms with Crippen LogP contribution in [0.4, 0.5) is 15.8 Å². The van der Waals surface area contributed by atoms with E-state index in [1.54, 1.807) is 35.2 Å². The molecule has 0 aromatic heterocycles. The van der Waals surface area contributed by atoms with Crippen LogP contribution in [0.25, 0.3) is 0 Å². The molecule has 1 fully saturated rings. The van der Waals surface area contributed by atoms with Crippen molar-refractivity contribution >= 4 is 27.3 Å². The predicted molar refractivity (Wildman–Crippen MR) is 115 cm³/mol. The lowest BCUT2D eigenvalue weighted by atomic mass is 10.2. The molecule has 2 aromatic rings. The molecule has 1 amide bonds. The largest absolute Gasteiger partial charge is 0.369 e. The van der Waals surface area contributed by atoms with Crippen molar-refractivity contribution in [2.45, 2.75) is 31.1 Å². The molecule has 1 saturated heterocycles. The maximum atomic E-state index is 13.2. The van der Waals surface area contributed by atoms with Gasteiger partial charge in [0.1, 0.15) is 5.82 Å². The molecule has 6 nitrogen and oxygen atoms in total. The number of fused-ring (bicyclic) bond motifs is 1. The van der Waals surface area contributed by atoms with Gasteiger partial charge in [-0.1, -0.05) is 6.92 Å². The highest BCUT2D eigenvalue weighted by Gasteiger charge is 2.31. The van der Waals surface area contributed by atoms with Crippen molar-refractivity contribution in [3.8, 4) is 0 Å². The minimum atomic E-state index is -3.60. The summed E-state index contributed by atoms with van der Waals surface area (Å²) in [6, 6.07) is 11.3. The maximum Gasteiger partial charge on any atom is 0.243 e. The van der Waals surface area contributed by atoms with E-state index in [-0.39, 0.29) is 16.6 Å². The molecule has 0 spiro atoms. The molecule has 0 unspecified atom stereocenters. The Labute approximate surface area is 176 Å². The first-order valence-electron chi connectivity index (χ1n) is 10.3. The molecule has 30 heavy (non-hydrogen) atoms. The number of amides is 1. The zero-order chi connectivity index (χ0) is 21.3. The van der Waals surface area contributed by atoms with Crippen LogP contribution in [-0.2, 0) is 21.2 Å². The summed E-state index contributed by atoms with van der Waals surface area (Å²) in [4.78, 5) is 16.4. The highest BCUT2D eigenvalue weighted by atomic mass is 32.2. The number of halogens is 1. The highest BCUT2D eigenvalue weighted by Crippen LogP contribution is 2.32. The van der Waals surface area contributed by atoms with Crippen molar-refractivity contribution < 1.29 is 17.6 Å². The van der Waals surface area contributed by atoms with Gasteiger partial charge in [-0.3, -0.25) is 4.79 Å². The van der Waals surface area contributed by atoms with Crippen molar-refractivity contribution in [3.05, 3.63) is 53.8 Å². The van der Waals surface area contributed by atoms with Gasteiger partial charge >= 0.3 is 0 Å². The van der Waals surface area contributed by atoms with E-state index in [0.29, 0.717) is 45.6 Å². The Morgan fingerprint density at radius 1 is 1.00 bits per heavy atom. The van der Waals surface area contributed by atoms with Gasteiger partial charge in [0.15, 0.2) is 0 Å². The third-order valence-corrected chi connectivity index (χ3v) is 7.67. The standard InChI is InChI=1S/C22H26FN3O3S/c1-2-3-22(27)26-11-10-17-16-20(8-9-21(17)26)30(28,29)25-14-12-24(13-15-25)19-6-4-18(23)5-7-19/h4-9,16H,2-3,10-15H2,1H3. The number of nitrogens with zero attached hydrogens (tertiary/aromatic N) is 3. The fourth-order valence-electron chi connectivity index (χ4n) is 4.13. The number of carbonyl (C=O) groups excluding carboxylic acids is 1. The van der Waals surface area contributed by atoms with Crippen LogP contribution in [0.1, 0.15) is 25.3 Å². The first-order chi connectivity index (χ1) is 14.4. The molecule has 0 N–H and O–H groups in total. The van der Waals surface area contributed by atoms with E-state index in [4.69, 9.17) is 0 Å². The summed E-state index contributed by atoms with van der Waals surface area (Å²) in [5.41, 5.74) is 2.63. The second-order valence-electron chi connectivity index (χ2n) is 7.70. The lowest BCUT2D eigenvalue weighted by Crippen LogP contribution is -2.48. The molecule has 0 aliphatic carbocycles. The van der Waals surface area contributed by atoms with Gasteiger partial charge < -0.3 is 9.80 Å². The van der Waals surface area contributed by atoms with E-state index in [9.17, 15) is 17.6 Å². The van der Waals surface area contributed by atoms with Crippen LogP contribution in [0.15, 0.2) is 47.4 Å². The van der Waals surface area contributed by atoms with Gasteiger partial charge in [0, 0.05) is 50.5 Å². The molecule has 0 bridgehead atoms. The minimum absolute atomic E-state index is 0.0868. The number of rotatable bonds is 5. The molecule has 2 heterocycles. The lowest BCUT2D eigenvalue weighted by molar-refractivity contribution is -0.118. The molecule has 2 aliphatic rings. The summed E-state index contributed by atoms with van der Waals surface area (Å²) >= 11 is 0. The molecule has 2 aromatic carbocycles. The van der Waals surface area contributed by atoms with Gasteiger partial charge in [-0.05, 0) is 60.9 Å². The van der Waals surface area contributed by atoms with Crippen molar-refractivity contribution in [1.82, 2.24) is 4.31 Å². The van der Waals surface area contributed by atoms with Crippen LogP contribution < -0.4 is 9.80 Å². The van der Waals surface area contributed by atoms with E-state index in [0.717, 1.165) is 23.4 Å². The number of sulfonamides is 1. The first kappa shape index (κ1) is 20.8. The summed E-state index contributed by atoms with van der Waals surface area (Å²) in [7, 11) is -3.60. The summed E-state index contributed by atoms with van der Waals surface area (Å²) in [5.74, 6) is -0.199. The fraction of sp³-hybridized carbons (Fsp3) is 0.409. The summed E-state index contributed by atoms with van der Waals surface area (Å²) in [6.45, 7) is 4.43. The van der Waals surface area contributed by atoms with Crippen LogP contribution >= 0.6 is 0 Å². The molecule has 0 atom stereocenters. The quantitative estimate of drug-likeness (QED) is 0.730. The van der Waals surface area contributed by atoms with Crippen LogP contribution in [0.5, 0.6) is 0 Å². The van der Waals surface area contributed by atoms with Gasteiger partial charge in [0.25, 0.3) is 0 Å². The Kier molecular flexibility index (Phi) is 5.79. The lowest BCUT2D eigenvalue weighted by Gasteiger charge is -2.35. The van der Waals surface area contributed by atoms with Gasteiger partial charge in [-0.15, -0.1) is 0 Å². The average molecular weight is 432 g/mol. The Hall–Kier alpha value is -2.45. The summed E-state index contributed by atoms with van der Waals surface area (Å²) in [5, 5.41) is 0. The van der Waals surface area contributed by atoms with Gasteiger partial charge in [-0.25, -0.2) is 12.8 Å². The topological polar surface area (TPSA) is 60.9 Å². The van der Waals surface area contributed by atoms with Crippen molar-refractivity contribution in [3.63, 3.8) is 0 Å². The number of benzene rings is 2. The zero-order valence-electron chi connectivity index (χ0n) is 17.1. The second-order valence-corrected chi connectivity index (χ2v) is 9.64. The minimum Gasteiger partial charge on any atom is -0.369 e. The van der Waals surface area contributed by atoms with Crippen molar-refractivity contribution in [2.75, 3.05) is 42.5 Å². The van der Waals surface area contributed by atoms with Crippen LogP contribution in [0.2, 0.25) is 0 Å². The molecule has 8 heteroatoms. The maximum absolute atomic E-state index is 13.2. The number of hydrogen-bond acceptors (Lipinski definition) is 4. The number of anilines is 2. The zero-order valence-corrected chi connectivity index (χ0v) is 17.9. The van der Waals surface area contributed by atoms with Gasteiger partial charge in [0.2, 0.25) is 15.9 Å². The van der Waals surface area contributed by atoms with Crippen LogP contribution in [-0.4, -0.2) is 51.4 Å². The van der Waals surface area contributed by atoms with E-state index < -0.39 is 10.0 Å². The Morgan fingerprint density at radius 3 is 2.37 bits per heavy atom. The molecule has 0 radical (unpaired) electrons. The first-order valence-corrected chi connectivity index (χ1v) is 11.8. The Bertz CT molecular complexity index is 1030. The second kappa shape index (κ2) is 8.35. The Balaban J connectivity index is 1.47. The van der Waals surface area contributed by atoms with Crippen LogP contribution in [0, 0.1) is 5.82 Å². The Morgan fingerprint density at radius 2 is 1.70 bits per heavy atom. The van der Waals surface area contributed by atoms with E-state index >= 15 is 0 Å². The van der Waals surface area contributed by atoms with Crippen molar-refractivity contribution in [1.29, 1.82) is 0 Å². The third-order valence-electron chi connectivity index (χ3n) is 5.78. The van der Waals surface area contributed by atoms with Gasteiger partial charge in [0.05, 0.1) is 4.90 Å². The molecule has 4 rings (SSSR count). The molecular formula is C22H26FN3O3S. The predicted octanol–water partition coefficient (Wildman–Crippen LogP) is 3.03. The highest BCUT2D eigenvalue weighted by molar-refractivity contribution is 7.89. The average Bonchev–Trinajstić information content (AvgIpc) is 3.18. The normalized spacial score (nSPS) is 17.3. The van der Waals surface area contributed by atoms with Crippen LogP contribution in [0.3, 0.4) is 0 Å². The molecular weight excluding hydrogens is 405 g/mol. The van der Waals surface area contributed by atoms with Crippen molar-refractivity contribution in [2.24, 2.45) is 0 Å². The summed E-state index contributed by atoms with van der Waals surface area (Å²) in [6.07, 6.45) is 1.96. The number of hydrogen-bond donors (Lipinski definition) is 0. The SMILES string of the molecule is CCCC(=O)N1CCc2cc(S(=O)(=O)N3CCN(c4ccc(F)cc4)CC3)ccc21. The smallest absolute Gasteiger partial charge is 0.243 e. The fourth-order valence-corrected chi connectivity index (χ4v) is 5.61. The molecule has 2 aliphatic heterocycles. The van der Waals surface area contributed by atoms with E-state index in [1.807, 2.05) is 6.92 Å². The monoisotopic (exact) mass is 431 g/mol. The van der Waals surface area contributed by atoms with E-state index in [1.165, 1.54) is 16.4 Å². The number of piperazine rings is 1. The number of carbonyl (C=O) groups is 1. The molecule has 160 valence electrons. The summed E-state index contributed by atoms with van der Waals surface area (Å²) < 4.78 is 41.0. The molecule has 0 saturated carbocycles. The van der Waals surface area contributed by atoms with E-state index in [2.05, 4.69) is 4.90 Å².